The van der Waals surface area contributed by atoms with Crippen molar-refractivity contribution in [2.45, 2.75) is 18.9 Å². The lowest BCUT2D eigenvalue weighted by Crippen LogP contribution is -2.25. The first-order valence-electron chi connectivity index (χ1n) is 9.68. The summed E-state index contributed by atoms with van der Waals surface area (Å²) >= 11 is 5.74. The maximum Gasteiger partial charge on any atom is 0.338 e. The van der Waals surface area contributed by atoms with E-state index in [1.54, 1.807) is 12.1 Å². The van der Waals surface area contributed by atoms with Crippen LogP contribution in [0.5, 0.6) is 0 Å². The molecule has 0 unspecified atom stereocenters. The Labute approximate surface area is 181 Å². The highest BCUT2D eigenvalue weighted by molar-refractivity contribution is 6.18. The van der Waals surface area contributed by atoms with Crippen molar-refractivity contribution in [3.8, 4) is 0 Å². The molecule has 0 fully saturated rings. The van der Waals surface area contributed by atoms with Crippen molar-refractivity contribution in [1.82, 2.24) is 0 Å². The first-order valence-corrected chi connectivity index (χ1v) is 10.2. The molecule has 0 saturated carbocycles. The van der Waals surface area contributed by atoms with Crippen LogP contribution in [0.3, 0.4) is 0 Å². The Balaban J connectivity index is 1.77. The van der Waals surface area contributed by atoms with Crippen LogP contribution >= 0.6 is 11.6 Å². The van der Waals surface area contributed by atoms with E-state index in [1.807, 2.05) is 48.5 Å². The molecule has 0 radical (unpaired) electrons. The zero-order valence-corrected chi connectivity index (χ0v) is 17.4. The molecule has 0 saturated heterocycles. The fourth-order valence-corrected chi connectivity index (χ4v) is 3.43. The van der Waals surface area contributed by atoms with Gasteiger partial charge in [-0.05, 0) is 28.8 Å². The van der Waals surface area contributed by atoms with E-state index >= 15 is 0 Å². The predicted octanol–water partition coefficient (Wildman–Crippen LogP) is 5.19. The van der Waals surface area contributed by atoms with Crippen molar-refractivity contribution >= 4 is 23.5 Å². The van der Waals surface area contributed by atoms with Crippen molar-refractivity contribution in [3.05, 3.63) is 107 Å². The SMILES string of the molecule is CC(=O)O[C@H](CCl)COC(=O)c1ccc(C(c2ccccc2)c2ccccc2)cc1. The van der Waals surface area contributed by atoms with Gasteiger partial charge in [0, 0.05) is 12.8 Å². The van der Waals surface area contributed by atoms with Crippen LogP contribution in [0.15, 0.2) is 84.9 Å². The Hall–Kier alpha value is -3.11. The van der Waals surface area contributed by atoms with Gasteiger partial charge >= 0.3 is 11.9 Å². The Kier molecular flexibility index (Phi) is 7.63. The molecule has 0 amide bonds. The van der Waals surface area contributed by atoms with E-state index < -0.39 is 18.0 Å². The number of carbonyl (C=O) groups excluding carboxylic acids is 2. The number of halogens is 1. The maximum absolute atomic E-state index is 12.4. The van der Waals surface area contributed by atoms with Gasteiger partial charge in [-0.15, -0.1) is 11.6 Å². The molecular weight excluding hydrogens is 400 g/mol. The smallest absolute Gasteiger partial charge is 0.338 e. The second-order valence-electron chi connectivity index (χ2n) is 6.86. The molecule has 0 aliphatic carbocycles. The molecule has 0 heterocycles. The number of esters is 2. The van der Waals surface area contributed by atoms with Crippen LogP contribution < -0.4 is 0 Å². The molecule has 3 rings (SSSR count). The molecule has 0 aliphatic heterocycles. The van der Waals surface area contributed by atoms with Crippen LogP contribution in [-0.4, -0.2) is 30.5 Å². The summed E-state index contributed by atoms with van der Waals surface area (Å²) in [7, 11) is 0. The van der Waals surface area contributed by atoms with Gasteiger partial charge in [0.15, 0.2) is 0 Å². The van der Waals surface area contributed by atoms with Crippen LogP contribution in [0.1, 0.15) is 39.9 Å². The third-order valence-corrected chi connectivity index (χ3v) is 4.99. The summed E-state index contributed by atoms with van der Waals surface area (Å²) in [6, 6.07) is 27.8. The Morgan fingerprint density at radius 1 is 0.800 bits per heavy atom. The van der Waals surface area contributed by atoms with E-state index in [1.165, 1.54) is 18.1 Å². The summed E-state index contributed by atoms with van der Waals surface area (Å²) in [6.45, 7) is 1.20. The number of hydrogen-bond acceptors (Lipinski definition) is 4. The summed E-state index contributed by atoms with van der Waals surface area (Å²) in [4.78, 5) is 23.4. The lowest BCUT2D eigenvalue weighted by atomic mass is 9.85. The fourth-order valence-electron chi connectivity index (χ4n) is 3.28. The number of ether oxygens (including phenoxy) is 2. The fraction of sp³-hybridized carbons (Fsp3) is 0.200. The molecule has 4 nitrogen and oxygen atoms in total. The van der Waals surface area contributed by atoms with Gasteiger partial charge in [-0.2, -0.15) is 0 Å². The molecule has 3 aromatic rings. The van der Waals surface area contributed by atoms with Gasteiger partial charge in [0.1, 0.15) is 12.7 Å². The average molecular weight is 423 g/mol. The van der Waals surface area contributed by atoms with E-state index in [2.05, 4.69) is 24.3 Å². The predicted molar refractivity (Wildman–Crippen MR) is 117 cm³/mol. The minimum absolute atomic E-state index is 0.0572. The quantitative estimate of drug-likeness (QED) is 0.284. The normalized spacial score (nSPS) is 11.7. The largest absolute Gasteiger partial charge is 0.458 e. The summed E-state index contributed by atoms with van der Waals surface area (Å²) in [5.74, 6) is -0.836. The van der Waals surface area contributed by atoms with E-state index in [9.17, 15) is 9.59 Å². The van der Waals surface area contributed by atoms with Crippen LogP contribution in [-0.2, 0) is 14.3 Å². The molecular formula is C25H23ClO4. The first-order chi connectivity index (χ1) is 14.6. The molecule has 0 spiro atoms. The monoisotopic (exact) mass is 422 g/mol. The average Bonchev–Trinajstić information content (AvgIpc) is 2.78. The summed E-state index contributed by atoms with van der Waals surface area (Å²) in [5, 5.41) is 0. The topological polar surface area (TPSA) is 52.6 Å². The van der Waals surface area contributed by atoms with Crippen molar-refractivity contribution in [3.63, 3.8) is 0 Å². The van der Waals surface area contributed by atoms with Crippen LogP contribution in [0.25, 0.3) is 0 Å². The molecule has 5 heteroatoms. The number of alkyl halides is 1. The summed E-state index contributed by atoms with van der Waals surface area (Å²) in [5.41, 5.74) is 3.84. The van der Waals surface area contributed by atoms with Crippen LogP contribution in [0.4, 0.5) is 0 Å². The molecule has 1 atom stereocenters. The van der Waals surface area contributed by atoms with Gasteiger partial charge in [-0.25, -0.2) is 4.79 Å². The highest BCUT2D eigenvalue weighted by Crippen LogP contribution is 2.31. The zero-order valence-electron chi connectivity index (χ0n) is 16.7. The van der Waals surface area contributed by atoms with Crippen molar-refractivity contribution < 1.29 is 19.1 Å². The van der Waals surface area contributed by atoms with Gasteiger partial charge < -0.3 is 9.47 Å². The zero-order chi connectivity index (χ0) is 21.3. The van der Waals surface area contributed by atoms with E-state index in [0.29, 0.717) is 5.56 Å². The lowest BCUT2D eigenvalue weighted by Gasteiger charge is -2.19. The highest BCUT2D eigenvalue weighted by atomic mass is 35.5. The first kappa shape index (κ1) is 21.6. The van der Waals surface area contributed by atoms with Crippen LogP contribution in [0, 0.1) is 0 Å². The molecule has 0 aliphatic rings. The van der Waals surface area contributed by atoms with Gasteiger partial charge in [0.2, 0.25) is 0 Å². The summed E-state index contributed by atoms with van der Waals surface area (Å²) < 4.78 is 10.2. The molecule has 0 N–H and O–H groups in total. The van der Waals surface area contributed by atoms with Crippen LogP contribution in [0.2, 0.25) is 0 Å². The standard InChI is InChI=1S/C25H23ClO4/c1-18(27)30-23(16-26)17-29-25(28)22-14-12-21(13-15-22)24(19-8-4-2-5-9-19)20-10-6-3-7-11-20/h2-15,23-24H,16-17H2,1H3/t23-/m1/s1. The highest BCUT2D eigenvalue weighted by Gasteiger charge is 2.18. The molecule has 30 heavy (non-hydrogen) atoms. The maximum atomic E-state index is 12.4. The van der Waals surface area contributed by atoms with Gasteiger partial charge in [-0.1, -0.05) is 72.8 Å². The van der Waals surface area contributed by atoms with Gasteiger partial charge in [0.25, 0.3) is 0 Å². The Bertz CT molecular complexity index is 916. The van der Waals surface area contributed by atoms with E-state index in [-0.39, 0.29) is 18.4 Å². The van der Waals surface area contributed by atoms with E-state index in [4.69, 9.17) is 21.1 Å². The number of carbonyl (C=O) groups is 2. The van der Waals surface area contributed by atoms with Crippen molar-refractivity contribution in [2.24, 2.45) is 0 Å². The minimum Gasteiger partial charge on any atom is -0.458 e. The number of hydrogen-bond donors (Lipinski definition) is 0. The molecule has 0 bridgehead atoms. The van der Waals surface area contributed by atoms with E-state index in [0.717, 1.165) is 5.56 Å². The van der Waals surface area contributed by atoms with Crippen molar-refractivity contribution in [2.75, 3.05) is 12.5 Å². The third-order valence-electron chi connectivity index (χ3n) is 4.65. The number of benzene rings is 3. The Morgan fingerprint density at radius 2 is 1.30 bits per heavy atom. The summed E-state index contributed by atoms with van der Waals surface area (Å²) in [6.07, 6.45) is -0.659. The number of rotatable bonds is 8. The second kappa shape index (κ2) is 10.6. The molecule has 0 aromatic heterocycles. The van der Waals surface area contributed by atoms with Crippen molar-refractivity contribution in [1.29, 1.82) is 0 Å². The van der Waals surface area contributed by atoms with Gasteiger partial charge in [-0.3, -0.25) is 4.79 Å². The van der Waals surface area contributed by atoms with Gasteiger partial charge in [0.05, 0.1) is 11.4 Å². The minimum atomic E-state index is -0.659. The second-order valence-corrected chi connectivity index (χ2v) is 7.17. The third kappa shape index (κ3) is 5.71. The lowest BCUT2D eigenvalue weighted by molar-refractivity contribution is -0.147. The molecule has 3 aromatic carbocycles. The molecule has 154 valence electrons. The Morgan fingerprint density at radius 3 is 1.77 bits per heavy atom.